The van der Waals surface area contributed by atoms with Crippen LogP contribution in [0.15, 0.2) is 48.5 Å². The average molecular weight is 341 g/mol. The minimum Gasteiger partial charge on any atom is -0.378 e. The van der Waals surface area contributed by atoms with Crippen molar-refractivity contribution in [2.24, 2.45) is 0 Å². The van der Waals surface area contributed by atoms with Gasteiger partial charge in [0.15, 0.2) is 0 Å². The van der Waals surface area contributed by atoms with Gasteiger partial charge in [-0.15, -0.1) is 0 Å². The van der Waals surface area contributed by atoms with Crippen LogP contribution in [0.5, 0.6) is 0 Å². The van der Waals surface area contributed by atoms with Gasteiger partial charge in [-0.2, -0.15) is 5.26 Å². The van der Waals surface area contributed by atoms with Crippen molar-refractivity contribution in [2.45, 2.75) is 25.4 Å². The first kappa shape index (κ1) is 16.8. The van der Waals surface area contributed by atoms with E-state index in [9.17, 15) is 0 Å². The van der Waals surface area contributed by atoms with E-state index in [4.69, 9.17) is 21.6 Å². The summed E-state index contributed by atoms with van der Waals surface area (Å²) in [6.45, 7) is 2.69. The molecular weight excluding hydrogens is 320 g/mol. The number of hydrogen-bond acceptors (Lipinski definition) is 3. The smallest absolute Gasteiger partial charge is 0.101 e. The topological polar surface area (TPSA) is 36.3 Å². The molecule has 0 radical (unpaired) electrons. The summed E-state index contributed by atoms with van der Waals surface area (Å²) in [6.07, 6.45) is 3.34. The van der Waals surface area contributed by atoms with Crippen LogP contribution < -0.4 is 4.90 Å². The normalized spacial score (nSPS) is 15.2. The Balaban J connectivity index is 1.46. The molecule has 3 rings (SSSR count). The summed E-state index contributed by atoms with van der Waals surface area (Å²) in [7, 11) is 0. The Hall–Kier alpha value is -2.02. The molecule has 1 saturated heterocycles. The van der Waals surface area contributed by atoms with Gasteiger partial charge in [-0.1, -0.05) is 41.9 Å². The van der Waals surface area contributed by atoms with Crippen LogP contribution in [0.2, 0.25) is 5.02 Å². The molecule has 1 aliphatic rings. The number of piperidine rings is 1. The minimum atomic E-state index is 0.332. The van der Waals surface area contributed by atoms with Crippen LogP contribution in [0.3, 0.4) is 0 Å². The first-order valence-electron chi connectivity index (χ1n) is 8.36. The van der Waals surface area contributed by atoms with Crippen molar-refractivity contribution in [3.8, 4) is 6.07 Å². The molecule has 2 aromatic carbocycles. The van der Waals surface area contributed by atoms with E-state index in [0.29, 0.717) is 16.7 Å². The van der Waals surface area contributed by atoms with Crippen molar-refractivity contribution in [3.63, 3.8) is 0 Å². The average Bonchev–Trinajstić information content (AvgIpc) is 2.63. The lowest BCUT2D eigenvalue weighted by Gasteiger charge is -2.33. The zero-order valence-corrected chi connectivity index (χ0v) is 14.4. The molecule has 0 aromatic heterocycles. The second-order valence-corrected chi connectivity index (χ2v) is 6.48. The first-order chi connectivity index (χ1) is 11.8. The fourth-order valence-corrected chi connectivity index (χ4v) is 3.28. The molecule has 2 aromatic rings. The summed E-state index contributed by atoms with van der Waals surface area (Å²) in [5, 5.41) is 9.48. The van der Waals surface area contributed by atoms with Crippen molar-refractivity contribution in [1.29, 1.82) is 5.26 Å². The Morgan fingerprint density at radius 2 is 1.88 bits per heavy atom. The predicted molar refractivity (Wildman–Crippen MR) is 97.5 cm³/mol. The number of benzene rings is 2. The van der Waals surface area contributed by atoms with Crippen LogP contribution in [-0.4, -0.2) is 25.8 Å². The highest BCUT2D eigenvalue weighted by atomic mass is 35.5. The molecule has 0 bridgehead atoms. The number of hydrogen-bond donors (Lipinski definition) is 0. The molecule has 1 aliphatic heterocycles. The molecule has 124 valence electrons. The number of nitrogens with zero attached hydrogens (tertiary/aromatic N) is 2. The molecule has 0 N–H and O–H groups in total. The monoisotopic (exact) mass is 340 g/mol. The van der Waals surface area contributed by atoms with Gasteiger partial charge >= 0.3 is 0 Å². The third-order valence-electron chi connectivity index (χ3n) is 4.47. The van der Waals surface area contributed by atoms with E-state index >= 15 is 0 Å². The van der Waals surface area contributed by atoms with Crippen molar-refractivity contribution in [3.05, 3.63) is 64.7 Å². The second-order valence-electron chi connectivity index (χ2n) is 6.07. The standard InChI is InChI=1S/C20H21ClN2O/c21-20-14-18(7-6-17(20)15-22)23-11-8-19(9-12-23)24-13-10-16-4-2-1-3-5-16/h1-7,14,19H,8-13H2. The Kier molecular flexibility index (Phi) is 5.74. The van der Waals surface area contributed by atoms with Gasteiger partial charge < -0.3 is 9.64 Å². The molecule has 0 saturated carbocycles. The van der Waals surface area contributed by atoms with Gasteiger partial charge in [-0.25, -0.2) is 0 Å². The van der Waals surface area contributed by atoms with E-state index in [1.807, 2.05) is 18.2 Å². The van der Waals surface area contributed by atoms with Gasteiger partial charge in [-0.3, -0.25) is 0 Å². The molecule has 3 nitrogen and oxygen atoms in total. The van der Waals surface area contributed by atoms with E-state index in [1.54, 1.807) is 6.07 Å². The lowest BCUT2D eigenvalue weighted by atomic mass is 10.1. The summed E-state index contributed by atoms with van der Waals surface area (Å²) in [6, 6.07) is 18.2. The van der Waals surface area contributed by atoms with Gasteiger partial charge in [0.2, 0.25) is 0 Å². The highest BCUT2D eigenvalue weighted by Crippen LogP contribution is 2.26. The Bertz CT molecular complexity index is 703. The zero-order chi connectivity index (χ0) is 16.8. The highest BCUT2D eigenvalue weighted by molar-refractivity contribution is 6.32. The van der Waals surface area contributed by atoms with Crippen LogP contribution in [0, 0.1) is 11.3 Å². The lowest BCUT2D eigenvalue weighted by molar-refractivity contribution is 0.0390. The van der Waals surface area contributed by atoms with Crippen LogP contribution in [-0.2, 0) is 11.2 Å². The van der Waals surface area contributed by atoms with Gasteiger partial charge in [-0.05, 0) is 43.0 Å². The molecular formula is C20H21ClN2O. The molecule has 1 fully saturated rings. The second kappa shape index (κ2) is 8.19. The van der Waals surface area contributed by atoms with Crippen molar-refractivity contribution in [1.82, 2.24) is 0 Å². The fraction of sp³-hybridized carbons (Fsp3) is 0.350. The maximum atomic E-state index is 8.95. The van der Waals surface area contributed by atoms with Gasteiger partial charge in [0.05, 0.1) is 23.3 Å². The minimum absolute atomic E-state index is 0.332. The number of rotatable bonds is 5. The maximum absolute atomic E-state index is 8.95. The summed E-state index contributed by atoms with van der Waals surface area (Å²) < 4.78 is 6.04. The summed E-state index contributed by atoms with van der Waals surface area (Å²) in [5.41, 5.74) is 2.93. The molecule has 0 amide bonds. The lowest BCUT2D eigenvalue weighted by Crippen LogP contribution is -2.37. The Morgan fingerprint density at radius 3 is 2.54 bits per heavy atom. The van der Waals surface area contributed by atoms with E-state index in [2.05, 4.69) is 35.2 Å². The van der Waals surface area contributed by atoms with Gasteiger partial charge in [0.25, 0.3) is 0 Å². The largest absolute Gasteiger partial charge is 0.378 e. The molecule has 0 unspecified atom stereocenters. The van der Waals surface area contributed by atoms with Crippen LogP contribution in [0.25, 0.3) is 0 Å². The maximum Gasteiger partial charge on any atom is 0.101 e. The van der Waals surface area contributed by atoms with E-state index in [-0.39, 0.29) is 0 Å². The SMILES string of the molecule is N#Cc1ccc(N2CCC(OCCc3ccccc3)CC2)cc1Cl. The van der Waals surface area contributed by atoms with E-state index in [1.165, 1.54) is 5.56 Å². The summed E-state index contributed by atoms with van der Waals surface area (Å²) in [4.78, 5) is 2.31. The van der Waals surface area contributed by atoms with Crippen molar-refractivity contribution >= 4 is 17.3 Å². The third kappa shape index (κ3) is 4.29. The van der Waals surface area contributed by atoms with Crippen LogP contribution in [0.1, 0.15) is 24.0 Å². The molecule has 1 heterocycles. The number of ether oxygens (including phenoxy) is 1. The van der Waals surface area contributed by atoms with Gasteiger partial charge in [0, 0.05) is 18.8 Å². The van der Waals surface area contributed by atoms with E-state index < -0.39 is 0 Å². The quantitative estimate of drug-likeness (QED) is 0.807. The third-order valence-corrected chi connectivity index (χ3v) is 4.78. The molecule has 4 heteroatoms. The van der Waals surface area contributed by atoms with E-state index in [0.717, 1.165) is 44.6 Å². The van der Waals surface area contributed by atoms with Crippen LogP contribution >= 0.6 is 11.6 Å². The summed E-state index contributed by atoms with van der Waals surface area (Å²) in [5.74, 6) is 0. The highest BCUT2D eigenvalue weighted by Gasteiger charge is 2.20. The summed E-state index contributed by atoms with van der Waals surface area (Å²) >= 11 is 6.13. The first-order valence-corrected chi connectivity index (χ1v) is 8.74. The Labute approximate surface area is 148 Å². The fourth-order valence-electron chi connectivity index (χ4n) is 3.06. The molecule has 0 atom stereocenters. The zero-order valence-electron chi connectivity index (χ0n) is 13.6. The number of nitriles is 1. The number of halogens is 1. The van der Waals surface area contributed by atoms with Gasteiger partial charge in [0.1, 0.15) is 6.07 Å². The molecule has 0 aliphatic carbocycles. The van der Waals surface area contributed by atoms with Crippen molar-refractivity contribution in [2.75, 3.05) is 24.6 Å². The molecule has 24 heavy (non-hydrogen) atoms. The van der Waals surface area contributed by atoms with Crippen molar-refractivity contribution < 1.29 is 4.74 Å². The predicted octanol–water partition coefficient (Wildman–Crippen LogP) is 4.44. The number of anilines is 1. The molecule has 0 spiro atoms. The van der Waals surface area contributed by atoms with Crippen LogP contribution in [0.4, 0.5) is 5.69 Å². The Morgan fingerprint density at radius 1 is 1.12 bits per heavy atom.